The van der Waals surface area contributed by atoms with E-state index in [9.17, 15) is 13.6 Å². The van der Waals surface area contributed by atoms with Gasteiger partial charge in [0.25, 0.3) is 5.91 Å². The SMILES string of the molecule is CCC(c1ccc(F)cc1)N(Cc1cccc(F)c1)C(=O)c1csc(C)n1. The molecule has 1 amide bonds. The van der Waals surface area contributed by atoms with Gasteiger partial charge in [0.05, 0.1) is 11.0 Å². The first-order valence-corrected chi connectivity index (χ1v) is 9.59. The molecule has 1 unspecified atom stereocenters. The first-order valence-electron chi connectivity index (χ1n) is 8.71. The predicted octanol–water partition coefficient (Wildman–Crippen LogP) is 5.52. The molecule has 0 fully saturated rings. The second-order valence-corrected chi connectivity index (χ2v) is 7.35. The zero-order valence-electron chi connectivity index (χ0n) is 15.2. The number of nitrogens with zero attached hydrogens (tertiary/aromatic N) is 2. The number of aryl methyl sites for hydroxylation is 1. The summed E-state index contributed by atoms with van der Waals surface area (Å²) < 4.78 is 27.0. The summed E-state index contributed by atoms with van der Waals surface area (Å²) in [6.45, 7) is 4.05. The van der Waals surface area contributed by atoms with Gasteiger partial charge in [-0.25, -0.2) is 13.8 Å². The molecule has 140 valence electrons. The average Bonchev–Trinajstić information content (AvgIpc) is 3.09. The second-order valence-electron chi connectivity index (χ2n) is 6.29. The van der Waals surface area contributed by atoms with E-state index >= 15 is 0 Å². The van der Waals surface area contributed by atoms with Crippen LogP contribution < -0.4 is 0 Å². The van der Waals surface area contributed by atoms with Crippen LogP contribution in [0, 0.1) is 18.6 Å². The molecule has 27 heavy (non-hydrogen) atoms. The summed E-state index contributed by atoms with van der Waals surface area (Å²) in [7, 11) is 0. The van der Waals surface area contributed by atoms with Crippen LogP contribution in [-0.4, -0.2) is 15.8 Å². The Bertz CT molecular complexity index is 924. The Morgan fingerprint density at radius 2 is 1.89 bits per heavy atom. The fourth-order valence-electron chi connectivity index (χ4n) is 3.09. The highest BCUT2D eigenvalue weighted by atomic mass is 32.1. The number of halogens is 2. The lowest BCUT2D eigenvalue weighted by Crippen LogP contribution is -2.34. The second kappa shape index (κ2) is 8.39. The van der Waals surface area contributed by atoms with Crippen molar-refractivity contribution >= 4 is 17.2 Å². The zero-order chi connectivity index (χ0) is 19.4. The standard InChI is InChI=1S/C21H20F2N2OS/c1-3-20(16-7-9-17(22)10-8-16)25(12-15-5-4-6-18(23)11-15)21(26)19-13-27-14(2)24-19/h4-11,13,20H,3,12H2,1-2H3. The predicted molar refractivity (Wildman–Crippen MR) is 103 cm³/mol. The molecule has 0 aliphatic rings. The molecule has 0 radical (unpaired) electrons. The van der Waals surface area contributed by atoms with Crippen LogP contribution in [-0.2, 0) is 6.54 Å². The number of benzene rings is 2. The van der Waals surface area contributed by atoms with E-state index in [4.69, 9.17) is 0 Å². The minimum atomic E-state index is -0.348. The summed E-state index contributed by atoms with van der Waals surface area (Å²) in [5, 5.41) is 2.53. The van der Waals surface area contributed by atoms with Gasteiger partial charge in [-0.2, -0.15) is 0 Å². The molecule has 1 atom stereocenters. The molecule has 3 aromatic rings. The molecule has 1 heterocycles. The smallest absolute Gasteiger partial charge is 0.274 e. The van der Waals surface area contributed by atoms with Crippen LogP contribution in [0.15, 0.2) is 53.9 Å². The maximum absolute atomic E-state index is 13.6. The zero-order valence-corrected chi connectivity index (χ0v) is 16.0. The molecule has 0 spiro atoms. The number of carbonyl (C=O) groups excluding carboxylic acids is 1. The highest BCUT2D eigenvalue weighted by molar-refractivity contribution is 7.09. The van der Waals surface area contributed by atoms with Crippen molar-refractivity contribution in [2.24, 2.45) is 0 Å². The van der Waals surface area contributed by atoms with Gasteiger partial charge in [0.2, 0.25) is 0 Å². The lowest BCUT2D eigenvalue weighted by molar-refractivity contribution is 0.0646. The third-order valence-electron chi connectivity index (χ3n) is 4.36. The van der Waals surface area contributed by atoms with Gasteiger partial charge in [0.1, 0.15) is 17.3 Å². The largest absolute Gasteiger partial charge is 0.326 e. The van der Waals surface area contributed by atoms with Crippen molar-refractivity contribution in [3.05, 3.63) is 87.4 Å². The Morgan fingerprint density at radius 3 is 2.48 bits per heavy atom. The van der Waals surface area contributed by atoms with Crippen molar-refractivity contribution in [2.75, 3.05) is 0 Å². The Hall–Kier alpha value is -2.60. The third kappa shape index (κ3) is 4.57. The van der Waals surface area contributed by atoms with E-state index in [0.29, 0.717) is 17.7 Å². The molecule has 0 saturated carbocycles. The first-order chi connectivity index (χ1) is 13.0. The van der Waals surface area contributed by atoms with Crippen molar-refractivity contribution in [2.45, 2.75) is 32.9 Å². The average molecular weight is 386 g/mol. The van der Waals surface area contributed by atoms with Crippen LogP contribution >= 0.6 is 11.3 Å². The van der Waals surface area contributed by atoms with Crippen LogP contribution in [0.3, 0.4) is 0 Å². The number of thiazole rings is 1. The van der Waals surface area contributed by atoms with E-state index in [1.165, 1.54) is 35.6 Å². The molecule has 1 aromatic heterocycles. The number of aromatic nitrogens is 1. The van der Waals surface area contributed by atoms with Gasteiger partial charge in [-0.15, -0.1) is 11.3 Å². The summed E-state index contributed by atoms with van der Waals surface area (Å²) >= 11 is 1.41. The summed E-state index contributed by atoms with van der Waals surface area (Å²) in [4.78, 5) is 19.2. The number of amides is 1. The lowest BCUT2D eigenvalue weighted by atomic mass is 10.0. The van der Waals surface area contributed by atoms with Crippen molar-refractivity contribution in [1.82, 2.24) is 9.88 Å². The van der Waals surface area contributed by atoms with Crippen LogP contribution in [0.4, 0.5) is 8.78 Å². The molecule has 3 nitrogen and oxygen atoms in total. The van der Waals surface area contributed by atoms with Crippen molar-refractivity contribution in [1.29, 1.82) is 0 Å². The van der Waals surface area contributed by atoms with Crippen molar-refractivity contribution in [3.63, 3.8) is 0 Å². The van der Waals surface area contributed by atoms with E-state index in [1.807, 2.05) is 13.8 Å². The van der Waals surface area contributed by atoms with Gasteiger partial charge in [0, 0.05) is 11.9 Å². The van der Waals surface area contributed by atoms with E-state index in [2.05, 4.69) is 4.98 Å². The highest BCUT2D eigenvalue weighted by Crippen LogP contribution is 2.28. The molecule has 3 rings (SSSR count). The van der Waals surface area contributed by atoms with E-state index in [1.54, 1.807) is 34.5 Å². The lowest BCUT2D eigenvalue weighted by Gasteiger charge is -2.31. The monoisotopic (exact) mass is 386 g/mol. The summed E-state index contributed by atoms with van der Waals surface area (Å²) in [6, 6.07) is 12.1. The molecule has 2 aromatic carbocycles. The van der Waals surface area contributed by atoms with Gasteiger partial charge in [-0.1, -0.05) is 31.2 Å². The van der Waals surface area contributed by atoms with Crippen molar-refractivity contribution in [3.8, 4) is 0 Å². The Morgan fingerprint density at radius 1 is 1.15 bits per heavy atom. The normalized spacial score (nSPS) is 12.0. The van der Waals surface area contributed by atoms with Gasteiger partial charge in [0.15, 0.2) is 0 Å². The molecule has 6 heteroatoms. The first kappa shape index (κ1) is 19.2. The topological polar surface area (TPSA) is 33.2 Å². The van der Waals surface area contributed by atoms with Crippen LogP contribution in [0.1, 0.15) is 46.0 Å². The van der Waals surface area contributed by atoms with E-state index < -0.39 is 0 Å². The maximum atomic E-state index is 13.6. The number of rotatable bonds is 6. The van der Waals surface area contributed by atoms with Gasteiger partial charge >= 0.3 is 0 Å². The highest BCUT2D eigenvalue weighted by Gasteiger charge is 2.27. The van der Waals surface area contributed by atoms with E-state index in [-0.39, 0.29) is 30.1 Å². The molecule has 0 bridgehead atoms. The van der Waals surface area contributed by atoms with Crippen molar-refractivity contribution < 1.29 is 13.6 Å². The maximum Gasteiger partial charge on any atom is 0.274 e. The fraction of sp³-hybridized carbons (Fsp3) is 0.238. The van der Waals surface area contributed by atoms with Gasteiger partial charge in [-0.05, 0) is 48.7 Å². The minimum absolute atomic E-state index is 0.222. The third-order valence-corrected chi connectivity index (χ3v) is 5.13. The van der Waals surface area contributed by atoms with Gasteiger partial charge in [-0.3, -0.25) is 4.79 Å². The summed E-state index contributed by atoms with van der Waals surface area (Å²) in [5.41, 5.74) is 1.89. The molecular formula is C21H20F2N2OS. The molecular weight excluding hydrogens is 366 g/mol. The van der Waals surface area contributed by atoms with Crippen LogP contribution in [0.2, 0.25) is 0 Å². The van der Waals surface area contributed by atoms with E-state index in [0.717, 1.165) is 10.6 Å². The number of hydrogen-bond acceptors (Lipinski definition) is 3. The Balaban J connectivity index is 1.99. The van der Waals surface area contributed by atoms with Gasteiger partial charge < -0.3 is 4.90 Å². The molecule has 0 aliphatic carbocycles. The minimum Gasteiger partial charge on any atom is -0.326 e. The van der Waals surface area contributed by atoms with Crippen LogP contribution in [0.25, 0.3) is 0 Å². The fourth-order valence-corrected chi connectivity index (χ4v) is 3.67. The molecule has 0 saturated heterocycles. The summed E-state index contributed by atoms with van der Waals surface area (Å²) in [6.07, 6.45) is 0.635. The van der Waals surface area contributed by atoms with Crippen LogP contribution in [0.5, 0.6) is 0 Å². The Labute approximate surface area is 161 Å². The molecule has 0 N–H and O–H groups in total. The quantitative estimate of drug-likeness (QED) is 0.559. The number of carbonyl (C=O) groups is 1. The number of hydrogen-bond donors (Lipinski definition) is 0. The molecule has 0 aliphatic heterocycles. The summed E-state index contributed by atoms with van der Waals surface area (Å²) in [5.74, 6) is -0.897. The Kier molecular flexibility index (Phi) is 5.96.